The summed E-state index contributed by atoms with van der Waals surface area (Å²) in [6.45, 7) is 1.52. The summed E-state index contributed by atoms with van der Waals surface area (Å²) in [6, 6.07) is 12.5. The van der Waals surface area contributed by atoms with Gasteiger partial charge in [0.05, 0.1) is 5.56 Å². The quantitative estimate of drug-likeness (QED) is 0.833. The molecule has 88 valence electrons. The Kier molecular flexibility index (Phi) is 3.35. The molecule has 0 aliphatic carbocycles. The number of nitrogens with one attached hydrogen (secondary N) is 1. The fraction of sp³-hybridized carbons (Fsp3) is 0.0714. The second-order valence-corrected chi connectivity index (χ2v) is 3.77. The van der Waals surface area contributed by atoms with E-state index in [4.69, 9.17) is 5.26 Å². The number of aromatic nitrogens is 1. The van der Waals surface area contributed by atoms with Crippen LogP contribution in [-0.4, -0.2) is 10.8 Å². The van der Waals surface area contributed by atoms with Crippen LogP contribution in [0.3, 0.4) is 0 Å². The molecule has 0 aliphatic heterocycles. The van der Waals surface area contributed by atoms with Crippen LogP contribution in [0.2, 0.25) is 0 Å². The SMILES string of the molecule is CC(=O)c1ccc(Nc2ncccc2C#N)cc1. The van der Waals surface area contributed by atoms with E-state index in [1.165, 1.54) is 6.92 Å². The maximum absolute atomic E-state index is 11.1. The van der Waals surface area contributed by atoms with E-state index in [0.29, 0.717) is 16.9 Å². The summed E-state index contributed by atoms with van der Waals surface area (Å²) in [5.41, 5.74) is 1.92. The van der Waals surface area contributed by atoms with Gasteiger partial charge in [-0.05, 0) is 43.3 Å². The Labute approximate surface area is 105 Å². The molecule has 0 saturated heterocycles. The average Bonchev–Trinajstić information content (AvgIpc) is 2.40. The number of rotatable bonds is 3. The Morgan fingerprint density at radius 3 is 2.61 bits per heavy atom. The van der Waals surface area contributed by atoms with Crippen molar-refractivity contribution in [3.63, 3.8) is 0 Å². The normalized spacial score (nSPS) is 9.56. The Hall–Kier alpha value is -2.67. The highest BCUT2D eigenvalue weighted by atomic mass is 16.1. The number of Topliss-reactive ketones (excluding diaryl/α,β-unsaturated/α-hetero) is 1. The van der Waals surface area contributed by atoms with Gasteiger partial charge in [0, 0.05) is 17.4 Å². The van der Waals surface area contributed by atoms with Crippen LogP contribution < -0.4 is 5.32 Å². The molecule has 0 unspecified atom stereocenters. The second kappa shape index (κ2) is 5.11. The van der Waals surface area contributed by atoms with E-state index >= 15 is 0 Å². The van der Waals surface area contributed by atoms with Crippen LogP contribution in [0.4, 0.5) is 11.5 Å². The molecule has 2 aromatic rings. The summed E-state index contributed by atoms with van der Waals surface area (Å²) in [5.74, 6) is 0.535. The first-order valence-electron chi connectivity index (χ1n) is 5.44. The van der Waals surface area contributed by atoms with Crippen LogP contribution in [0.15, 0.2) is 42.6 Å². The molecule has 18 heavy (non-hydrogen) atoms. The molecule has 0 spiro atoms. The molecule has 1 aromatic heterocycles. The second-order valence-electron chi connectivity index (χ2n) is 3.77. The smallest absolute Gasteiger partial charge is 0.159 e. The van der Waals surface area contributed by atoms with E-state index in [-0.39, 0.29) is 5.78 Å². The maximum atomic E-state index is 11.1. The third kappa shape index (κ3) is 2.53. The summed E-state index contributed by atoms with van der Waals surface area (Å²) < 4.78 is 0. The van der Waals surface area contributed by atoms with E-state index < -0.39 is 0 Å². The van der Waals surface area contributed by atoms with Crippen molar-refractivity contribution in [2.75, 3.05) is 5.32 Å². The molecule has 2 rings (SSSR count). The van der Waals surface area contributed by atoms with Gasteiger partial charge >= 0.3 is 0 Å². The Balaban J connectivity index is 2.24. The van der Waals surface area contributed by atoms with Crippen molar-refractivity contribution in [2.24, 2.45) is 0 Å². The molecular formula is C14H11N3O. The fourth-order valence-electron chi connectivity index (χ4n) is 1.52. The molecule has 1 heterocycles. The van der Waals surface area contributed by atoms with Gasteiger partial charge in [-0.2, -0.15) is 5.26 Å². The van der Waals surface area contributed by atoms with Crippen LogP contribution in [0.25, 0.3) is 0 Å². The summed E-state index contributed by atoms with van der Waals surface area (Å²) in [7, 11) is 0. The largest absolute Gasteiger partial charge is 0.339 e. The van der Waals surface area contributed by atoms with Gasteiger partial charge in [-0.3, -0.25) is 4.79 Å². The summed E-state index contributed by atoms with van der Waals surface area (Å²) >= 11 is 0. The molecule has 4 heteroatoms. The number of benzene rings is 1. The highest BCUT2D eigenvalue weighted by Gasteiger charge is 2.03. The minimum absolute atomic E-state index is 0.0251. The van der Waals surface area contributed by atoms with Gasteiger partial charge in [0.1, 0.15) is 11.9 Å². The zero-order valence-corrected chi connectivity index (χ0v) is 9.84. The van der Waals surface area contributed by atoms with Crippen molar-refractivity contribution >= 4 is 17.3 Å². The molecule has 4 nitrogen and oxygen atoms in total. The van der Waals surface area contributed by atoms with Crippen LogP contribution in [-0.2, 0) is 0 Å². The van der Waals surface area contributed by atoms with Crippen LogP contribution in [0.1, 0.15) is 22.8 Å². The number of pyridine rings is 1. The first-order chi connectivity index (χ1) is 8.70. The zero-order valence-electron chi connectivity index (χ0n) is 9.84. The summed E-state index contributed by atoms with van der Waals surface area (Å²) in [5, 5.41) is 12.0. The third-order valence-electron chi connectivity index (χ3n) is 2.48. The van der Waals surface area contributed by atoms with Gasteiger partial charge in [0.25, 0.3) is 0 Å². The number of hydrogen-bond donors (Lipinski definition) is 1. The van der Waals surface area contributed by atoms with Crippen molar-refractivity contribution in [3.8, 4) is 6.07 Å². The number of nitriles is 1. The molecule has 0 radical (unpaired) electrons. The molecule has 1 N–H and O–H groups in total. The minimum atomic E-state index is 0.0251. The van der Waals surface area contributed by atoms with Gasteiger partial charge in [0.15, 0.2) is 5.78 Å². The Morgan fingerprint density at radius 2 is 2.00 bits per heavy atom. The predicted molar refractivity (Wildman–Crippen MR) is 68.7 cm³/mol. The first-order valence-corrected chi connectivity index (χ1v) is 5.44. The molecule has 0 atom stereocenters. The minimum Gasteiger partial charge on any atom is -0.339 e. The van der Waals surface area contributed by atoms with E-state index in [1.807, 2.05) is 0 Å². The molecule has 0 saturated carbocycles. The van der Waals surface area contributed by atoms with Gasteiger partial charge < -0.3 is 5.32 Å². The van der Waals surface area contributed by atoms with Crippen molar-refractivity contribution in [2.45, 2.75) is 6.92 Å². The molecule has 0 aliphatic rings. The lowest BCUT2D eigenvalue weighted by molar-refractivity contribution is 0.101. The average molecular weight is 237 g/mol. The van der Waals surface area contributed by atoms with E-state index in [1.54, 1.807) is 42.6 Å². The number of nitrogens with zero attached hydrogens (tertiary/aromatic N) is 2. The van der Waals surface area contributed by atoms with Crippen molar-refractivity contribution in [1.29, 1.82) is 5.26 Å². The zero-order chi connectivity index (χ0) is 13.0. The van der Waals surface area contributed by atoms with E-state index in [2.05, 4.69) is 16.4 Å². The van der Waals surface area contributed by atoms with Crippen LogP contribution in [0, 0.1) is 11.3 Å². The van der Waals surface area contributed by atoms with Crippen molar-refractivity contribution in [3.05, 3.63) is 53.7 Å². The molecule has 0 fully saturated rings. The standard InChI is InChI=1S/C14H11N3O/c1-10(18)11-4-6-13(7-5-11)17-14-12(9-15)3-2-8-16-14/h2-8H,1H3,(H,16,17). The number of carbonyl (C=O) groups is 1. The summed E-state index contributed by atoms with van der Waals surface area (Å²) in [4.78, 5) is 15.2. The van der Waals surface area contributed by atoms with Crippen molar-refractivity contribution < 1.29 is 4.79 Å². The van der Waals surface area contributed by atoms with Gasteiger partial charge in [0.2, 0.25) is 0 Å². The molecule has 1 aromatic carbocycles. The molecule has 0 amide bonds. The lowest BCUT2D eigenvalue weighted by atomic mass is 10.1. The number of hydrogen-bond acceptors (Lipinski definition) is 4. The first kappa shape index (κ1) is 11.8. The summed E-state index contributed by atoms with van der Waals surface area (Å²) in [6.07, 6.45) is 1.62. The van der Waals surface area contributed by atoms with E-state index in [0.717, 1.165) is 5.69 Å². The van der Waals surface area contributed by atoms with Crippen molar-refractivity contribution in [1.82, 2.24) is 4.98 Å². The van der Waals surface area contributed by atoms with Gasteiger partial charge in [-0.15, -0.1) is 0 Å². The number of anilines is 2. The fourth-order valence-corrected chi connectivity index (χ4v) is 1.52. The highest BCUT2D eigenvalue weighted by Crippen LogP contribution is 2.18. The Morgan fingerprint density at radius 1 is 1.28 bits per heavy atom. The third-order valence-corrected chi connectivity index (χ3v) is 2.48. The molecular weight excluding hydrogens is 226 g/mol. The number of ketones is 1. The van der Waals surface area contributed by atoms with Crippen LogP contribution in [0.5, 0.6) is 0 Å². The monoisotopic (exact) mass is 237 g/mol. The molecule has 0 bridgehead atoms. The predicted octanol–water partition coefficient (Wildman–Crippen LogP) is 2.90. The van der Waals surface area contributed by atoms with Gasteiger partial charge in [-0.25, -0.2) is 4.98 Å². The highest BCUT2D eigenvalue weighted by molar-refractivity contribution is 5.94. The lowest BCUT2D eigenvalue weighted by Gasteiger charge is -2.07. The topological polar surface area (TPSA) is 65.8 Å². The lowest BCUT2D eigenvalue weighted by Crippen LogP contribution is -1.97. The number of carbonyl (C=O) groups excluding carboxylic acids is 1. The van der Waals surface area contributed by atoms with E-state index in [9.17, 15) is 4.79 Å². The van der Waals surface area contributed by atoms with Gasteiger partial charge in [-0.1, -0.05) is 0 Å². The Bertz CT molecular complexity index is 612. The maximum Gasteiger partial charge on any atom is 0.159 e. The van der Waals surface area contributed by atoms with Crippen LogP contribution >= 0.6 is 0 Å².